The number of nitrogens with zero attached hydrogens (tertiary/aromatic N) is 5. The summed E-state index contributed by atoms with van der Waals surface area (Å²) >= 11 is 7.08. The van der Waals surface area contributed by atoms with E-state index in [2.05, 4.69) is 69.9 Å². The van der Waals surface area contributed by atoms with E-state index in [9.17, 15) is 4.79 Å². The lowest BCUT2D eigenvalue weighted by Gasteiger charge is -2.11. The number of amides is 1. The zero-order chi connectivity index (χ0) is 23.9. The van der Waals surface area contributed by atoms with Gasteiger partial charge in [-0.05, 0) is 67.3 Å². The first-order chi connectivity index (χ1) is 16.5. The van der Waals surface area contributed by atoms with Crippen molar-refractivity contribution in [1.29, 1.82) is 0 Å². The van der Waals surface area contributed by atoms with Crippen LogP contribution in [0.2, 0.25) is 0 Å². The predicted octanol–water partition coefficient (Wildman–Crippen LogP) is 4.90. The van der Waals surface area contributed by atoms with Crippen LogP contribution in [0.15, 0.2) is 80.8 Å². The van der Waals surface area contributed by atoms with Gasteiger partial charge >= 0.3 is 0 Å². The smallest absolute Gasteiger partial charge is 0.263 e. The fourth-order valence-corrected chi connectivity index (χ4v) is 4.44. The van der Waals surface area contributed by atoms with Crippen molar-refractivity contribution in [1.82, 2.24) is 25.6 Å². The number of aromatic nitrogens is 4. The Bertz CT molecular complexity index is 1280. The van der Waals surface area contributed by atoms with Crippen LogP contribution in [0.4, 0.5) is 0 Å². The number of carbonyl (C=O) groups is 1. The van der Waals surface area contributed by atoms with Gasteiger partial charge in [0.15, 0.2) is 0 Å². The predicted molar refractivity (Wildman–Crippen MR) is 136 cm³/mol. The molecule has 0 fully saturated rings. The van der Waals surface area contributed by atoms with Crippen LogP contribution in [0.1, 0.15) is 16.7 Å². The molecule has 1 heterocycles. The SMILES string of the molecule is Cc1ccc(COc2c(Br)cc(/C=N\NC(=O)Cn3nnc(-c4ccccc4)n3)cc2Br)cc1. The molecule has 4 aromatic rings. The maximum absolute atomic E-state index is 12.2. The highest BCUT2D eigenvalue weighted by Gasteiger charge is 2.10. The Hall–Kier alpha value is -3.37. The van der Waals surface area contributed by atoms with Crippen LogP contribution >= 0.6 is 31.9 Å². The summed E-state index contributed by atoms with van der Waals surface area (Å²) < 4.78 is 7.49. The van der Waals surface area contributed by atoms with Crippen molar-refractivity contribution in [2.75, 3.05) is 0 Å². The van der Waals surface area contributed by atoms with Gasteiger partial charge in [-0.2, -0.15) is 9.90 Å². The first-order valence-electron chi connectivity index (χ1n) is 10.3. The summed E-state index contributed by atoms with van der Waals surface area (Å²) in [5.74, 6) is 0.772. The topological polar surface area (TPSA) is 94.3 Å². The van der Waals surface area contributed by atoms with Crippen molar-refractivity contribution in [3.05, 3.63) is 92.4 Å². The minimum absolute atomic E-state index is 0.101. The van der Waals surface area contributed by atoms with Crippen LogP contribution in [-0.2, 0) is 17.9 Å². The van der Waals surface area contributed by atoms with Crippen LogP contribution in [0.3, 0.4) is 0 Å². The standard InChI is InChI=1S/C24H20Br2N6O2/c1-16-7-9-17(10-8-16)15-34-23-20(25)11-18(12-21(23)26)13-27-28-22(33)14-32-30-24(29-31-32)19-5-3-2-4-6-19/h2-13H,14-15H2,1H3,(H,28,33)/b27-13-. The van der Waals surface area contributed by atoms with Gasteiger partial charge in [0.25, 0.3) is 5.91 Å². The fourth-order valence-electron chi connectivity index (χ4n) is 2.99. The van der Waals surface area contributed by atoms with Gasteiger partial charge in [0.2, 0.25) is 5.82 Å². The summed E-state index contributed by atoms with van der Waals surface area (Å²) in [5, 5.41) is 16.1. The Morgan fingerprint density at radius 2 is 1.79 bits per heavy atom. The number of ether oxygens (including phenoxy) is 1. The third kappa shape index (κ3) is 6.36. The Balaban J connectivity index is 1.32. The Morgan fingerprint density at radius 1 is 1.09 bits per heavy atom. The summed E-state index contributed by atoms with van der Waals surface area (Å²) in [6.45, 7) is 2.40. The molecule has 1 N–H and O–H groups in total. The second-order valence-electron chi connectivity index (χ2n) is 7.39. The summed E-state index contributed by atoms with van der Waals surface area (Å²) in [6.07, 6.45) is 1.54. The number of aryl methyl sites for hydroxylation is 1. The maximum Gasteiger partial charge on any atom is 0.263 e. The van der Waals surface area contributed by atoms with Crippen LogP contribution in [-0.4, -0.2) is 32.3 Å². The number of hydrazone groups is 1. The van der Waals surface area contributed by atoms with Crippen LogP contribution < -0.4 is 10.2 Å². The van der Waals surface area contributed by atoms with E-state index in [1.165, 1.54) is 10.4 Å². The molecule has 8 nitrogen and oxygen atoms in total. The third-order valence-corrected chi connectivity index (χ3v) is 5.88. The lowest BCUT2D eigenvalue weighted by molar-refractivity contribution is -0.122. The summed E-state index contributed by atoms with van der Waals surface area (Å²) in [7, 11) is 0. The number of hydrogen-bond acceptors (Lipinski definition) is 6. The van der Waals surface area contributed by atoms with Gasteiger partial charge in [-0.25, -0.2) is 5.43 Å². The molecule has 0 aliphatic rings. The van der Waals surface area contributed by atoms with E-state index in [1.807, 2.05) is 61.5 Å². The zero-order valence-electron chi connectivity index (χ0n) is 18.2. The highest BCUT2D eigenvalue weighted by Crippen LogP contribution is 2.35. The van der Waals surface area contributed by atoms with Gasteiger partial charge in [0.05, 0.1) is 15.2 Å². The Morgan fingerprint density at radius 3 is 2.50 bits per heavy atom. The van der Waals surface area contributed by atoms with Crippen LogP contribution in [0, 0.1) is 6.92 Å². The molecule has 172 valence electrons. The van der Waals surface area contributed by atoms with Gasteiger partial charge < -0.3 is 4.74 Å². The number of hydrogen-bond donors (Lipinski definition) is 1. The van der Waals surface area contributed by atoms with Crippen LogP contribution in [0.25, 0.3) is 11.4 Å². The minimum Gasteiger partial charge on any atom is -0.487 e. The molecule has 0 unspecified atom stereocenters. The molecule has 0 radical (unpaired) electrons. The van der Waals surface area contributed by atoms with E-state index >= 15 is 0 Å². The van der Waals surface area contributed by atoms with Crippen molar-refractivity contribution in [2.24, 2.45) is 5.10 Å². The van der Waals surface area contributed by atoms with E-state index in [1.54, 1.807) is 6.21 Å². The van der Waals surface area contributed by atoms with Crippen molar-refractivity contribution in [3.63, 3.8) is 0 Å². The molecule has 3 aromatic carbocycles. The van der Waals surface area contributed by atoms with E-state index in [0.717, 1.165) is 25.6 Å². The molecule has 0 aliphatic heterocycles. The second kappa shape index (κ2) is 11.2. The number of carbonyl (C=O) groups excluding carboxylic acids is 1. The van der Waals surface area contributed by atoms with E-state index < -0.39 is 0 Å². The molecule has 0 aliphatic carbocycles. The first-order valence-corrected chi connectivity index (χ1v) is 11.9. The lowest BCUT2D eigenvalue weighted by atomic mass is 10.2. The number of nitrogens with one attached hydrogen (secondary N) is 1. The molecule has 0 bridgehead atoms. The third-order valence-electron chi connectivity index (χ3n) is 4.70. The molecule has 0 saturated carbocycles. The number of halogens is 2. The van der Waals surface area contributed by atoms with Crippen molar-refractivity contribution < 1.29 is 9.53 Å². The molecular formula is C24H20Br2N6O2. The van der Waals surface area contributed by atoms with Crippen molar-refractivity contribution >= 4 is 44.0 Å². The molecule has 10 heteroatoms. The molecule has 0 atom stereocenters. The molecule has 1 amide bonds. The van der Waals surface area contributed by atoms with Gasteiger partial charge in [-0.3, -0.25) is 4.79 Å². The average molecular weight is 584 g/mol. The first kappa shape index (κ1) is 23.8. The molecule has 1 aromatic heterocycles. The highest BCUT2D eigenvalue weighted by molar-refractivity contribution is 9.11. The molecule has 34 heavy (non-hydrogen) atoms. The lowest BCUT2D eigenvalue weighted by Crippen LogP contribution is -2.24. The number of benzene rings is 3. The molecule has 4 rings (SSSR count). The number of rotatable bonds is 8. The van der Waals surface area contributed by atoms with Crippen molar-refractivity contribution in [3.8, 4) is 17.1 Å². The van der Waals surface area contributed by atoms with E-state index in [4.69, 9.17) is 4.74 Å². The zero-order valence-corrected chi connectivity index (χ0v) is 21.3. The van der Waals surface area contributed by atoms with Crippen LogP contribution in [0.5, 0.6) is 5.75 Å². The molecule has 0 saturated heterocycles. The van der Waals surface area contributed by atoms with Gasteiger partial charge in [-0.15, -0.1) is 10.2 Å². The summed E-state index contributed by atoms with van der Waals surface area (Å²) in [4.78, 5) is 13.4. The monoisotopic (exact) mass is 582 g/mol. The summed E-state index contributed by atoms with van der Waals surface area (Å²) in [5.41, 5.74) is 6.36. The van der Waals surface area contributed by atoms with E-state index in [-0.39, 0.29) is 12.5 Å². The number of tetrazole rings is 1. The Labute approximate surface area is 213 Å². The average Bonchev–Trinajstić information content (AvgIpc) is 3.29. The maximum atomic E-state index is 12.2. The van der Waals surface area contributed by atoms with E-state index in [0.29, 0.717) is 18.2 Å². The largest absolute Gasteiger partial charge is 0.487 e. The minimum atomic E-state index is -0.371. The Kier molecular flexibility index (Phi) is 7.81. The van der Waals surface area contributed by atoms with Gasteiger partial charge in [0, 0.05) is 5.56 Å². The van der Waals surface area contributed by atoms with Gasteiger partial charge in [-0.1, -0.05) is 60.2 Å². The quantitative estimate of drug-likeness (QED) is 0.235. The second-order valence-corrected chi connectivity index (χ2v) is 9.10. The fraction of sp³-hybridized carbons (Fsp3) is 0.125. The summed E-state index contributed by atoms with van der Waals surface area (Å²) in [6, 6.07) is 21.3. The van der Waals surface area contributed by atoms with Crippen molar-refractivity contribution in [2.45, 2.75) is 20.1 Å². The highest BCUT2D eigenvalue weighted by atomic mass is 79.9. The molecule has 0 spiro atoms. The normalized spacial score (nSPS) is 11.0. The molecular weight excluding hydrogens is 564 g/mol. The van der Waals surface area contributed by atoms with Gasteiger partial charge in [0.1, 0.15) is 18.9 Å².